The fourth-order valence-electron chi connectivity index (χ4n) is 2.91. The third kappa shape index (κ3) is 2.43. The van der Waals surface area contributed by atoms with Gasteiger partial charge in [-0.15, -0.1) is 0 Å². The quantitative estimate of drug-likeness (QED) is 0.897. The SMILES string of the molecule is O=C(O)c1ccc(N2CCCC2=O)cc1N1CCCS1(=O)=O. The molecular weight excluding hydrogens is 308 g/mol. The Morgan fingerprint density at radius 3 is 2.50 bits per heavy atom. The van der Waals surface area contributed by atoms with Crippen LogP contribution in [0.5, 0.6) is 0 Å². The van der Waals surface area contributed by atoms with Crippen molar-refractivity contribution in [3.05, 3.63) is 23.8 Å². The predicted octanol–water partition coefficient (Wildman–Crippen LogP) is 1.05. The van der Waals surface area contributed by atoms with E-state index in [1.807, 2.05) is 0 Å². The van der Waals surface area contributed by atoms with Gasteiger partial charge in [0.1, 0.15) is 0 Å². The van der Waals surface area contributed by atoms with Crippen molar-refractivity contribution in [3.8, 4) is 0 Å². The van der Waals surface area contributed by atoms with Crippen LogP contribution in [0.2, 0.25) is 0 Å². The number of hydrogen-bond acceptors (Lipinski definition) is 4. The highest BCUT2D eigenvalue weighted by molar-refractivity contribution is 7.93. The van der Waals surface area contributed by atoms with E-state index in [0.29, 0.717) is 25.1 Å². The second kappa shape index (κ2) is 5.28. The lowest BCUT2D eigenvalue weighted by molar-refractivity contribution is -0.117. The van der Waals surface area contributed by atoms with E-state index in [9.17, 15) is 23.1 Å². The van der Waals surface area contributed by atoms with Gasteiger partial charge in [-0.3, -0.25) is 9.10 Å². The molecule has 2 heterocycles. The maximum atomic E-state index is 12.1. The molecule has 0 radical (unpaired) electrons. The standard InChI is InChI=1S/C14H16N2O5S/c17-13-3-1-6-15(13)10-4-5-11(14(18)19)12(9-10)16-7-2-8-22(16,20)21/h4-5,9H,1-3,6-8H2,(H,18,19). The molecule has 3 rings (SSSR count). The van der Waals surface area contributed by atoms with Crippen molar-refractivity contribution >= 4 is 33.3 Å². The third-order valence-electron chi connectivity index (χ3n) is 3.96. The summed E-state index contributed by atoms with van der Waals surface area (Å²) in [4.78, 5) is 24.8. The smallest absolute Gasteiger partial charge is 0.337 e. The lowest BCUT2D eigenvalue weighted by Crippen LogP contribution is -2.28. The Morgan fingerprint density at radius 1 is 1.18 bits per heavy atom. The van der Waals surface area contributed by atoms with Crippen LogP contribution in [-0.2, 0) is 14.8 Å². The van der Waals surface area contributed by atoms with E-state index in [1.165, 1.54) is 12.1 Å². The molecule has 2 aliphatic rings. The number of carboxylic acids is 1. The van der Waals surface area contributed by atoms with Gasteiger partial charge in [0, 0.05) is 25.2 Å². The molecule has 2 fully saturated rings. The lowest BCUT2D eigenvalue weighted by atomic mass is 10.1. The van der Waals surface area contributed by atoms with Gasteiger partial charge in [0.25, 0.3) is 0 Å². The van der Waals surface area contributed by atoms with E-state index >= 15 is 0 Å². The number of benzene rings is 1. The number of amides is 1. The van der Waals surface area contributed by atoms with Crippen LogP contribution >= 0.6 is 0 Å². The van der Waals surface area contributed by atoms with E-state index in [1.54, 1.807) is 11.0 Å². The zero-order valence-electron chi connectivity index (χ0n) is 11.9. The van der Waals surface area contributed by atoms with Crippen molar-refractivity contribution in [2.75, 3.05) is 28.0 Å². The molecule has 0 spiro atoms. The third-order valence-corrected chi connectivity index (χ3v) is 5.82. The molecule has 8 heteroatoms. The second-order valence-electron chi connectivity index (χ2n) is 5.40. The Bertz CT molecular complexity index is 744. The molecule has 1 aromatic rings. The van der Waals surface area contributed by atoms with Crippen molar-refractivity contribution in [2.24, 2.45) is 0 Å². The summed E-state index contributed by atoms with van der Waals surface area (Å²) < 4.78 is 25.3. The van der Waals surface area contributed by atoms with Crippen molar-refractivity contribution < 1.29 is 23.1 Å². The Morgan fingerprint density at radius 2 is 1.95 bits per heavy atom. The van der Waals surface area contributed by atoms with Crippen molar-refractivity contribution in [2.45, 2.75) is 19.3 Å². The molecule has 0 unspecified atom stereocenters. The number of aromatic carboxylic acids is 1. The van der Waals surface area contributed by atoms with Gasteiger partial charge < -0.3 is 10.0 Å². The highest BCUT2D eigenvalue weighted by atomic mass is 32.2. The number of carbonyl (C=O) groups excluding carboxylic acids is 1. The maximum Gasteiger partial charge on any atom is 0.337 e. The molecule has 0 bridgehead atoms. The summed E-state index contributed by atoms with van der Waals surface area (Å²) in [5, 5.41) is 9.30. The van der Waals surface area contributed by atoms with Crippen LogP contribution in [0.4, 0.5) is 11.4 Å². The summed E-state index contributed by atoms with van der Waals surface area (Å²) in [6.07, 6.45) is 1.67. The van der Waals surface area contributed by atoms with Gasteiger partial charge >= 0.3 is 5.97 Å². The van der Waals surface area contributed by atoms with Gasteiger partial charge in [-0.05, 0) is 31.0 Å². The first kappa shape index (κ1) is 14.8. The van der Waals surface area contributed by atoms with Crippen molar-refractivity contribution in [3.63, 3.8) is 0 Å². The molecule has 2 aliphatic heterocycles. The molecule has 2 saturated heterocycles. The molecule has 22 heavy (non-hydrogen) atoms. The molecule has 0 aliphatic carbocycles. The van der Waals surface area contributed by atoms with Crippen LogP contribution in [0.15, 0.2) is 18.2 Å². The number of sulfonamides is 1. The van der Waals surface area contributed by atoms with Crippen molar-refractivity contribution in [1.82, 2.24) is 0 Å². The van der Waals surface area contributed by atoms with Gasteiger partial charge in [0.2, 0.25) is 15.9 Å². The van der Waals surface area contributed by atoms with Crippen molar-refractivity contribution in [1.29, 1.82) is 0 Å². The molecule has 0 atom stereocenters. The topological polar surface area (TPSA) is 95.0 Å². The number of rotatable bonds is 3. The van der Waals surface area contributed by atoms with E-state index in [4.69, 9.17) is 0 Å². The maximum absolute atomic E-state index is 12.1. The van der Waals surface area contributed by atoms with Gasteiger partial charge in [-0.25, -0.2) is 13.2 Å². The molecular formula is C14H16N2O5S. The summed E-state index contributed by atoms with van der Waals surface area (Å²) in [6.45, 7) is 0.831. The summed E-state index contributed by atoms with van der Waals surface area (Å²) in [5.41, 5.74) is 0.618. The Balaban J connectivity index is 2.09. The first-order chi connectivity index (χ1) is 10.4. The average Bonchev–Trinajstić information content (AvgIpc) is 3.03. The number of anilines is 2. The predicted molar refractivity (Wildman–Crippen MR) is 80.7 cm³/mol. The summed E-state index contributed by atoms with van der Waals surface area (Å²) in [7, 11) is -3.48. The first-order valence-electron chi connectivity index (χ1n) is 7.08. The molecule has 7 nitrogen and oxygen atoms in total. The van der Waals surface area contributed by atoms with Gasteiger partial charge in [0.05, 0.1) is 17.0 Å². The van der Waals surface area contributed by atoms with Crippen LogP contribution in [0.1, 0.15) is 29.6 Å². The Hall–Kier alpha value is -2.09. The summed E-state index contributed by atoms with van der Waals surface area (Å²) in [6, 6.07) is 4.42. The van der Waals surface area contributed by atoms with Crippen LogP contribution in [-0.4, -0.2) is 44.2 Å². The fourth-order valence-corrected chi connectivity index (χ4v) is 4.48. The highest BCUT2D eigenvalue weighted by Crippen LogP contribution is 2.33. The lowest BCUT2D eigenvalue weighted by Gasteiger charge is -2.22. The minimum atomic E-state index is -3.48. The number of hydrogen-bond donors (Lipinski definition) is 1. The van der Waals surface area contributed by atoms with Gasteiger partial charge in [-0.1, -0.05) is 0 Å². The molecule has 118 valence electrons. The summed E-state index contributed by atoms with van der Waals surface area (Å²) in [5.74, 6) is -1.20. The zero-order valence-corrected chi connectivity index (χ0v) is 12.7. The first-order valence-corrected chi connectivity index (χ1v) is 8.69. The Labute approximate surface area is 128 Å². The molecule has 1 N–H and O–H groups in total. The van der Waals surface area contributed by atoms with Crippen LogP contribution in [0.25, 0.3) is 0 Å². The normalized spacial score (nSPS) is 20.6. The number of carboxylic acid groups (broad SMARTS) is 1. The largest absolute Gasteiger partial charge is 0.478 e. The second-order valence-corrected chi connectivity index (χ2v) is 7.41. The van der Waals surface area contributed by atoms with E-state index < -0.39 is 16.0 Å². The van der Waals surface area contributed by atoms with E-state index in [-0.39, 0.29) is 29.5 Å². The minimum absolute atomic E-state index is 0.0128. The van der Waals surface area contributed by atoms with Crippen LogP contribution < -0.4 is 9.21 Å². The molecule has 1 amide bonds. The monoisotopic (exact) mass is 324 g/mol. The Kier molecular flexibility index (Phi) is 3.56. The van der Waals surface area contributed by atoms with E-state index in [0.717, 1.165) is 10.7 Å². The summed E-state index contributed by atoms with van der Waals surface area (Å²) >= 11 is 0. The molecule has 1 aromatic carbocycles. The van der Waals surface area contributed by atoms with Crippen LogP contribution in [0.3, 0.4) is 0 Å². The minimum Gasteiger partial charge on any atom is -0.478 e. The average molecular weight is 324 g/mol. The van der Waals surface area contributed by atoms with Gasteiger partial charge in [0.15, 0.2) is 0 Å². The zero-order chi connectivity index (χ0) is 15.9. The van der Waals surface area contributed by atoms with Gasteiger partial charge in [-0.2, -0.15) is 0 Å². The number of nitrogens with zero attached hydrogens (tertiary/aromatic N) is 2. The van der Waals surface area contributed by atoms with Crippen LogP contribution in [0, 0.1) is 0 Å². The molecule has 0 aromatic heterocycles. The van der Waals surface area contributed by atoms with E-state index in [2.05, 4.69) is 0 Å². The fraction of sp³-hybridized carbons (Fsp3) is 0.429. The highest BCUT2D eigenvalue weighted by Gasteiger charge is 2.32. The number of carbonyl (C=O) groups is 2. The molecule has 0 saturated carbocycles.